The van der Waals surface area contributed by atoms with Gasteiger partial charge in [0.1, 0.15) is 11.4 Å². The van der Waals surface area contributed by atoms with Crippen LogP contribution in [0.3, 0.4) is 0 Å². The minimum atomic E-state index is -4.60. The van der Waals surface area contributed by atoms with Crippen molar-refractivity contribution in [2.24, 2.45) is 5.41 Å². The third-order valence-electron chi connectivity index (χ3n) is 7.68. The Hall–Kier alpha value is -3.08. The molecule has 4 heterocycles. The molecule has 0 aliphatic carbocycles. The normalized spacial score (nSPS) is 23.0. The van der Waals surface area contributed by atoms with Crippen molar-refractivity contribution in [3.63, 3.8) is 0 Å². The van der Waals surface area contributed by atoms with Crippen molar-refractivity contribution >= 4 is 29.0 Å². The average molecular weight is 504 g/mol. The second-order valence-corrected chi connectivity index (χ2v) is 10.00. The third kappa shape index (κ3) is 4.68. The zero-order valence-corrected chi connectivity index (χ0v) is 20.7. The summed E-state index contributed by atoms with van der Waals surface area (Å²) in [6.45, 7) is 7.07. The Labute approximate surface area is 208 Å². The number of nitrogens with zero attached hydrogens (tertiary/aromatic N) is 5. The van der Waals surface area contributed by atoms with Crippen molar-refractivity contribution in [3.8, 4) is 0 Å². The Morgan fingerprint density at radius 2 is 1.89 bits per heavy atom. The van der Waals surface area contributed by atoms with Gasteiger partial charge < -0.3 is 25.3 Å². The molecule has 3 aliphatic rings. The highest BCUT2D eigenvalue weighted by Crippen LogP contribution is 2.43. The van der Waals surface area contributed by atoms with Gasteiger partial charge in [-0.3, -0.25) is 4.79 Å². The monoisotopic (exact) mass is 503 g/mol. The first kappa shape index (κ1) is 24.6. The number of aromatic nitrogens is 2. The minimum Gasteiger partial charge on any atom is -0.369 e. The molecule has 1 aromatic heterocycles. The lowest BCUT2D eigenvalue weighted by molar-refractivity contribution is -0.137. The molecule has 1 spiro atoms. The van der Waals surface area contributed by atoms with Crippen molar-refractivity contribution < 1.29 is 18.0 Å². The maximum absolute atomic E-state index is 13.9. The number of carbonyl (C=O) groups excluding carboxylic acids is 1. The average Bonchev–Trinajstić information content (AvgIpc) is 3.45. The number of anilines is 4. The van der Waals surface area contributed by atoms with E-state index in [1.807, 2.05) is 19.1 Å². The topological polar surface area (TPSA) is 76.6 Å². The van der Waals surface area contributed by atoms with Gasteiger partial charge in [-0.15, -0.1) is 0 Å². The molecule has 0 radical (unpaired) electrons. The van der Waals surface area contributed by atoms with Crippen LogP contribution in [0.5, 0.6) is 0 Å². The predicted molar refractivity (Wildman–Crippen MR) is 133 cm³/mol. The smallest absolute Gasteiger partial charge is 0.369 e. The fraction of sp³-hybridized carbons (Fsp3) is 0.560. The highest BCUT2D eigenvalue weighted by atomic mass is 19.4. The molecule has 1 amide bonds. The van der Waals surface area contributed by atoms with E-state index in [-0.39, 0.29) is 24.2 Å². The highest BCUT2D eigenvalue weighted by Gasteiger charge is 2.49. The molecule has 8 nitrogen and oxygen atoms in total. The van der Waals surface area contributed by atoms with E-state index in [4.69, 9.17) is 0 Å². The predicted octanol–water partition coefficient (Wildman–Crippen LogP) is 3.27. The molecule has 5 rings (SSSR count). The Morgan fingerprint density at radius 3 is 2.56 bits per heavy atom. The first-order valence-electron chi connectivity index (χ1n) is 12.5. The van der Waals surface area contributed by atoms with Gasteiger partial charge in [-0.1, -0.05) is 6.92 Å². The van der Waals surface area contributed by atoms with Crippen LogP contribution in [0, 0.1) is 5.41 Å². The number of nitrogens with one attached hydrogen (secondary N) is 2. The SMILES string of the molecule is CCc1cc(N2CCN(C)CC2)ccc1Nc1ncc(C(F)(F)F)c(N2CCC3(CCNC3=O)C2)n1. The molecule has 1 atom stereocenters. The van der Waals surface area contributed by atoms with E-state index in [0.29, 0.717) is 25.9 Å². The quantitative estimate of drug-likeness (QED) is 0.649. The number of benzene rings is 1. The van der Waals surface area contributed by atoms with E-state index in [0.717, 1.165) is 55.7 Å². The molecule has 1 unspecified atom stereocenters. The van der Waals surface area contributed by atoms with Crippen LogP contribution in [0.25, 0.3) is 0 Å². The van der Waals surface area contributed by atoms with Crippen LogP contribution in [0.1, 0.15) is 30.9 Å². The van der Waals surface area contributed by atoms with Gasteiger partial charge in [0.2, 0.25) is 11.9 Å². The highest BCUT2D eigenvalue weighted by molar-refractivity contribution is 5.86. The van der Waals surface area contributed by atoms with Crippen LogP contribution in [-0.4, -0.2) is 73.6 Å². The maximum Gasteiger partial charge on any atom is 0.421 e. The van der Waals surface area contributed by atoms with E-state index in [2.05, 4.69) is 43.5 Å². The van der Waals surface area contributed by atoms with Gasteiger partial charge in [0.05, 0.1) is 5.41 Å². The number of hydrogen-bond donors (Lipinski definition) is 2. The number of rotatable bonds is 5. The second kappa shape index (κ2) is 9.42. The number of carbonyl (C=O) groups is 1. The molecule has 194 valence electrons. The number of alkyl halides is 3. The first-order chi connectivity index (χ1) is 17.2. The summed E-state index contributed by atoms with van der Waals surface area (Å²) in [5.74, 6) is -0.153. The number of amides is 1. The summed E-state index contributed by atoms with van der Waals surface area (Å²) >= 11 is 0. The minimum absolute atomic E-state index is 0.0843. The molecule has 0 bridgehead atoms. The van der Waals surface area contributed by atoms with E-state index in [1.165, 1.54) is 0 Å². The number of likely N-dealkylation sites (N-methyl/N-ethyl adjacent to an activating group) is 1. The fourth-order valence-electron chi connectivity index (χ4n) is 5.41. The maximum atomic E-state index is 13.9. The van der Waals surface area contributed by atoms with Crippen molar-refractivity contribution in [1.82, 2.24) is 20.2 Å². The molecule has 3 fully saturated rings. The molecule has 2 aromatic rings. The summed E-state index contributed by atoms with van der Waals surface area (Å²) in [5, 5.41) is 5.97. The Bertz CT molecular complexity index is 1130. The lowest BCUT2D eigenvalue weighted by Gasteiger charge is -2.34. The van der Waals surface area contributed by atoms with Gasteiger partial charge >= 0.3 is 6.18 Å². The molecule has 3 saturated heterocycles. The lowest BCUT2D eigenvalue weighted by Crippen LogP contribution is -2.44. The number of aryl methyl sites for hydroxylation is 1. The summed E-state index contributed by atoms with van der Waals surface area (Å²) in [6.07, 6.45) is -1.87. The first-order valence-corrected chi connectivity index (χ1v) is 12.5. The molecule has 11 heteroatoms. The second-order valence-electron chi connectivity index (χ2n) is 10.00. The molecule has 0 saturated carbocycles. The zero-order chi connectivity index (χ0) is 25.5. The van der Waals surface area contributed by atoms with E-state index >= 15 is 0 Å². The van der Waals surface area contributed by atoms with Crippen molar-refractivity contribution in [1.29, 1.82) is 0 Å². The van der Waals surface area contributed by atoms with Crippen molar-refractivity contribution in [2.75, 3.05) is 68.0 Å². The molecule has 2 N–H and O–H groups in total. The summed E-state index contributed by atoms with van der Waals surface area (Å²) in [5.41, 5.74) is 1.42. The summed E-state index contributed by atoms with van der Waals surface area (Å²) in [4.78, 5) is 26.9. The van der Waals surface area contributed by atoms with Gasteiger partial charge in [-0.25, -0.2) is 4.98 Å². The molecular formula is C25H32F3N7O. The van der Waals surface area contributed by atoms with E-state index in [9.17, 15) is 18.0 Å². The summed E-state index contributed by atoms with van der Waals surface area (Å²) in [6, 6.07) is 6.10. The van der Waals surface area contributed by atoms with E-state index < -0.39 is 17.2 Å². The van der Waals surface area contributed by atoms with Crippen LogP contribution in [0.2, 0.25) is 0 Å². The van der Waals surface area contributed by atoms with Gasteiger partial charge in [0, 0.05) is 63.4 Å². The lowest BCUT2D eigenvalue weighted by atomic mass is 9.86. The van der Waals surface area contributed by atoms with Crippen molar-refractivity contribution in [2.45, 2.75) is 32.4 Å². The Morgan fingerprint density at radius 1 is 1.11 bits per heavy atom. The summed E-state index contributed by atoms with van der Waals surface area (Å²) in [7, 11) is 2.12. The fourth-order valence-corrected chi connectivity index (χ4v) is 5.41. The number of hydrogen-bond acceptors (Lipinski definition) is 7. The standard InChI is InChI=1S/C25H32F3N7O/c1-3-17-14-18(34-12-10-33(2)11-13-34)4-5-20(17)31-23-30-15-19(25(26,27)28)21(32-23)35-9-7-24(16-35)6-8-29-22(24)36/h4-5,14-15H,3,6-13,16H2,1-2H3,(H,29,36)(H,30,31,32). The van der Waals surface area contributed by atoms with Crippen LogP contribution in [0.15, 0.2) is 24.4 Å². The number of piperazine rings is 1. The van der Waals surface area contributed by atoms with E-state index in [1.54, 1.807) is 4.90 Å². The molecule has 1 aromatic carbocycles. The van der Waals surface area contributed by atoms with Gasteiger partial charge in [0.25, 0.3) is 0 Å². The number of halogens is 3. The Kier molecular flexibility index (Phi) is 6.44. The Balaban J connectivity index is 1.41. The van der Waals surface area contributed by atoms with Gasteiger partial charge in [-0.05, 0) is 50.1 Å². The molecular weight excluding hydrogens is 471 g/mol. The molecule has 36 heavy (non-hydrogen) atoms. The zero-order valence-electron chi connectivity index (χ0n) is 20.7. The van der Waals surface area contributed by atoms with Crippen LogP contribution in [0.4, 0.5) is 36.3 Å². The largest absolute Gasteiger partial charge is 0.421 e. The van der Waals surface area contributed by atoms with Crippen LogP contribution >= 0.6 is 0 Å². The van der Waals surface area contributed by atoms with Gasteiger partial charge in [-0.2, -0.15) is 18.2 Å². The van der Waals surface area contributed by atoms with Crippen molar-refractivity contribution in [3.05, 3.63) is 35.5 Å². The van der Waals surface area contributed by atoms with Crippen LogP contribution < -0.4 is 20.4 Å². The van der Waals surface area contributed by atoms with Gasteiger partial charge in [0.15, 0.2) is 0 Å². The van der Waals surface area contributed by atoms with Crippen LogP contribution in [-0.2, 0) is 17.4 Å². The third-order valence-corrected chi connectivity index (χ3v) is 7.68. The summed E-state index contributed by atoms with van der Waals surface area (Å²) < 4.78 is 41.6. The molecule has 3 aliphatic heterocycles.